The van der Waals surface area contributed by atoms with Crippen molar-refractivity contribution >= 4 is 33.2 Å². The highest BCUT2D eigenvalue weighted by molar-refractivity contribution is 9.11. The van der Waals surface area contributed by atoms with Gasteiger partial charge in [-0.3, -0.25) is 4.79 Å². The largest absolute Gasteiger partial charge is 0.358 e. The normalized spacial score (nSPS) is 12.5. The Morgan fingerprint density at radius 1 is 1.64 bits per heavy atom. The molecule has 0 aliphatic heterocycles. The second-order valence-electron chi connectivity index (χ2n) is 2.92. The summed E-state index contributed by atoms with van der Waals surface area (Å²) in [6.45, 7) is 2.40. The van der Waals surface area contributed by atoms with E-state index in [2.05, 4.69) is 32.6 Å². The number of thiophene rings is 1. The van der Waals surface area contributed by atoms with Crippen molar-refractivity contribution in [2.75, 3.05) is 13.6 Å². The van der Waals surface area contributed by atoms with E-state index in [1.165, 1.54) is 4.88 Å². The summed E-state index contributed by atoms with van der Waals surface area (Å²) in [4.78, 5) is 12.2. The Balaban J connectivity index is 2.42. The van der Waals surface area contributed by atoms with E-state index in [0.29, 0.717) is 6.54 Å². The van der Waals surface area contributed by atoms with Gasteiger partial charge in [0.15, 0.2) is 0 Å². The SMILES string of the molecule is CNC(=O)CNC(C)c1ccc(Br)s1. The van der Waals surface area contributed by atoms with Crippen LogP contribution in [0.5, 0.6) is 0 Å². The summed E-state index contributed by atoms with van der Waals surface area (Å²) in [5.74, 6) is 0.00692. The van der Waals surface area contributed by atoms with Crippen LogP contribution in [0, 0.1) is 0 Å². The minimum absolute atomic E-state index is 0.00692. The molecule has 1 rings (SSSR count). The summed E-state index contributed by atoms with van der Waals surface area (Å²) >= 11 is 5.08. The molecule has 0 bridgehead atoms. The van der Waals surface area contributed by atoms with Crippen LogP contribution in [0.3, 0.4) is 0 Å². The predicted molar refractivity (Wildman–Crippen MR) is 62.5 cm³/mol. The molecule has 0 radical (unpaired) electrons. The summed E-state index contributed by atoms with van der Waals surface area (Å²) < 4.78 is 1.11. The van der Waals surface area contributed by atoms with E-state index in [4.69, 9.17) is 0 Å². The molecule has 5 heteroatoms. The van der Waals surface area contributed by atoms with Crippen molar-refractivity contribution in [3.63, 3.8) is 0 Å². The molecule has 1 aromatic heterocycles. The van der Waals surface area contributed by atoms with Crippen LogP contribution in [0.4, 0.5) is 0 Å². The summed E-state index contributed by atoms with van der Waals surface area (Å²) in [5, 5.41) is 5.71. The van der Waals surface area contributed by atoms with Gasteiger partial charge in [0.1, 0.15) is 0 Å². The molecular weight excluding hydrogens is 264 g/mol. The van der Waals surface area contributed by atoms with Gasteiger partial charge in [0.25, 0.3) is 0 Å². The van der Waals surface area contributed by atoms with Crippen molar-refractivity contribution in [1.29, 1.82) is 0 Å². The van der Waals surface area contributed by atoms with Gasteiger partial charge in [-0.1, -0.05) is 0 Å². The third kappa shape index (κ3) is 3.40. The van der Waals surface area contributed by atoms with Crippen molar-refractivity contribution in [2.24, 2.45) is 0 Å². The minimum atomic E-state index is 0.00692. The van der Waals surface area contributed by atoms with E-state index in [0.717, 1.165) is 3.79 Å². The molecule has 78 valence electrons. The lowest BCUT2D eigenvalue weighted by Crippen LogP contribution is -2.32. The van der Waals surface area contributed by atoms with Crippen molar-refractivity contribution < 1.29 is 4.79 Å². The average Bonchev–Trinajstić information content (AvgIpc) is 2.60. The summed E-state index contributed by atoms with van der Waals surface area (Å²) in [5.41, 5.74) is 0. The Bertz CT molecular complexity index is 314. The van der Waals surface area contributed by atoms with Gasteiger partial charge >= 0.3 is 0 Å². The highest BCUT2D eigenvalue weighted by Crippen LogP contribution is 2.26. The number of hydrogen-bond acceptors (Lipinski definition) is 3. The van der Waals surface area contributed by atoms with E-state index >= 15 is 0 Å². The molecule has 0 aromatic carbocycles. The molecule has 1 amide bonds. The van der Waals surface area contributed by atoms with Gasteiger partial charge in [-0.15, -0.1) is 11.3 Å². The molecule has 0 aliphatic rings. The van der Waals surface area contributed by atoms with Crippen LogP contribution >= 0.6 is 27.3 Å². The van der Waals surface area contributed by atoms with Crippen LogP contribution in [0.25, 0.3) is 0 Å². The lowest BCUT2D eigenvalue weighted by molar-refractivity contribution is -0.119. The van der Waals surface area contributed by atoms with Crippen LogP contribution in [-0.2, 0) is 4.79 Å². The van der Waals surface area contributed by atoms with Crippen molar-refractivity contribution in [3.8, 4) is 0 Å². The third-order valence-corrected chi connectivity index (χ3v) is 3.67. The molecule has 0 aliphatic carbocycles. The topological polar surface area (TPSA) is 41.1 Å². The van der Waals surface area contributed by atoms with Crippen molar-refractivity contribution in [1.82, 2.24) is 10.6 Å². The lowest BCUT2D eigenvalue weighted by Gasteiger charge is -2.10. The molecular formula is C9H13BrN2OS. The zero-order chi connectivity index (χ0) is 10.6. The Morgan fingerprint density at radius 3 is 2.86 bits per heavy atom. The molecule has 0 fully saturated rings. The monoisotopic (exact) mass is 276 g/mol. The van der Waals surface area contributed by atoms with Gasteiger partial charge in [0.05, 0.1) is 10.3 Å². The Labute approximate surface area is 96.0 Å². The second kappa shape index (κ2) is 5.48. The number of halogens is 1. The Morgan fingerprint density at radius 2 is 2.36 bits per heavy atom. The molecule has 3 nitrogen and oxygen atoms in total. The van der Waals surface area contributed by atoms with Gasteiger partial charge in [-0.2, -0.15) is 0 Å². The highest BCUT2D eigenvalue weighted by atomic mass is 79.9. The first-order chi connectivity index (χ1) is 6.63. The summed E-state index contributed by atoms with van der Waals surface area (Å²) in [6, 6.07) is 4.28. The molecule has 1 aromatic rings. The van der Waals surface area contributed by atoms with Crippen LogP contribution in [0.1, 0.15) is 17.8 Å². The first-order valence-corrected chi connectivity index (χ1v) is 5.93. The molecule has 1 heterocycles. The van der Waals surface area contributed by atoms with E-state index in [9.17, 15) is 4.79 Å². The van der Waals surface area contributed by atoms with E-state index < -0.39 is 0 Å². The number of carbonyl (C=O) groups excluding carboxylic acids is 1. The van der Waals surface area contributed by atoms with Crippen LogP contribution < -0.4 is 10.6 Å². The maximum atomic E-state index is 11.0. The quantitative estimate of drug-likeness (QED) is 0.882. The van der Waals surface area contributed by atoms with Crippen molar-refractivity contribution in [3.05, 3.63) is 20.8 Å². The maximum absolute atomic E-state index is 11.0. The number of carbonyl (C=O) groups is 1. The number of hydrogen-bond donors (Lipinski definition) is 2. The number of amides is 1. The maximum Gasteiger partial charge on any atom is 0.233 e. The van der Waals surface area contributed by atoms with Crippen molar-refractivity contribution in [2.45, 2.75) is 13.0 Å². The molecule has 1 unspecified atom stereocenters. The van der Waals surface area contributed by atoms with E-state index in [1.807, 2.05) is 13.0 Å². The molecule has 0 spiro atoms. The van der Waals surface area contributed by atoms with Gasteiger partial charge < -0.3 is 10.6 Å². The predicted octanol–water partition coefficient (Wildman–Crippen LogP) is 1.91. The third-order valence-electron chi connectivity index (χ3n) is 1.87. The van der Waals surface area contributed by atoms with Crippen LogP contribution in [-0.4, -0.2) is 19.5 Å². The second-order valence-corrected chi connectivity index (χ2v) is 5.41. The highest BCUT2D eigenvalue weighted by Gasteiger charge is 2.08. The molecule has 0 saturated carbocycles. The first-order valence-electron chi connectivity index (χ1n) is 4.32. The number of rotatable bonds is 4. The molecule has 1 atom stereocenters. The summed E-state index contributed by atoms with van der Waals surface area (Å²) in [6.07, 6.45) is 0. The minimum Gasteiger partial charge on any atom is -0.358 e. The molecule has 0 saturated heterocycles. The standard InChI is InChI=1S/C9H13BrN2OS/c1-6(12-5-9(13)11-2)7-3-4-8(10)14-7/h3-4,6,12H,5H2,1-2H3,(H,11,13). The van der Waals surface area contributed by atoms with Crippen LogP contribution in [0.15, 0.2) is 15.9 Å². The van der Waals surface area contributed by atoms with Gasteiger partial charge in [0.2, 0.25) is 5.91 Å². The van der Waals surface area contributed by atoms with Crippen LogP contribution in [0.2, 0.25) is 0 Å². The fourth-order valence-corrected chi connectivity index (χ4v) is 2.45. The molecule has 2 N–H and O–H groups in total. The Kier molecular flexibility index (Phi) is 4.57. The average molecular weight is 277 g/mol. The first kappa shape index (κ1) is 11.7. The zero-order valence-electron chi connectivity index (χ0n) is 8.13. The zero-order valence-corrected chi connectivity index (χ0v) is 10.5. The van der Waals surface area contributed by atoms with Gasteiger partial charge in [-0.05, 0) is 35.0 Å². The number of likely N-dealkylation sites (N-methyl/N-ethyl adjacent to an activating group) is 1. The van der Waals surface area contributed by atoms with Gasteiger partial charge in [0, 0.05) is 18.0 Å². The molecule has 14 heavy (non-hydrogen) atoms. The summed E-state index contributed by atoms with van der Waals surface area (Å²) in [7, 11) is 1.64. The lowest BCUT2D eigenvalue weighted by atomic mass is 10.3. The van der Waals surface area contributed by atoms with E-state index in [1.54, 1.807) is 18.4 Å². The fourth-order valence-electron chi connectivity index (χ4n) is 0.996. The smallest absolute Gasteiger partial charge is 0.233 e. The number of nitrogens with one attached hydrogen (secondary N) is 2. The fraction of sp³-hybridized carbons (Fsp3) is 0.444. The van der Waals surface area contributed by atoms with E-state index in [-0.39, 0.29) is 11.9 Å². The van der Waals surface area contributed by atoms with Gasteiger partial charge in [-0.25, -0.2) is 0 Å². The Hall–Kier alpha value is -0.390.